The molecule has 1 aliphatic heterocycles. The van der Waals surface area contributed by atoms with Gasteiger partial charge in [0.05, 0.1) is 5.92 Å². The topological polar surface area (TPSA) is 26.3 Å². The summed E-state index contributed by atoms with van der Waals surface area (Å²) in [7, 11) is 0. The van der Waals surface area contributed by atoms with Crippen molar-refractivity contribution in [3.8, 4) is 5.75 Å². The molecule has 0 N–H and O–H groups in total. The van der Waals surface area contributed by atoms with Gasteiger partial charge in [0, 0.05) is 22.0 Å². The Labute approximate surface area is 127 Å². The maximum absolute atomic E-state index is 12.5. The van der Waals surface area contributed by atoms with Crippen LogP contribution in [0.15, 0.2) is 42.5 Å². The summed E-state index contributed by atoms with van der Waals surface area (Å²) < 4.78 is 5.54. The van der Waals surface area contributed by atoms with Crippen LogP contribution in [0.5, 0.6) is 5.75 Å². The van der Waals surface area contributed by atoms with E-state index in [4.69, 9.17) is 27.9 Å². The molecule has 0 saturated heterocycles. The third kappa shape index (κ3) is 2.54. The Morgan fingerprint density at radius 3 is 2.85 bits per heavy atom. The average Bonchev–Trinajstić information content (AvgIpc) is 2.87. The highest BCUT2D eigenvalue weighted by molar-refractivity contribution is 6.33. The van der Waals surface area contributed by atoms with Crippen LogP contribution in [0.3, 0.4) is 0 Å². The molecule has 20 heavy (non-hydrogen) atoms. The minimum atomic E-state index is -0.221. The Hall–Kier alpha value is -1.51. The summed E-state index contributed by atoms with van der Waals surface area (Å²) in [5.74, 6) is 0.670. The molecule has 4 heteroatoms. The maximum Gasteiger partial charge on any atom is 0.148 e. The molecule has 3 rings (SSSR count). The summed E-state index contributed by atoms with van der Waals surface area (Å²) in [5.41, 5.74) is 1.71. The monoisotopic (exact) mass is 306 g/mol. The van der Waals surface area contributed by atoms with Crippen molar-refractivity contribution in [2.75, 3.05) is 6.61 Å². The zero-order valence-corrected chi connectivity index (χ0v) is 12.1. The van der Waals surface area contributed by atoms with Crippen LogP contribution in [0.2, 0.25) is 10.0 Å². The fourth-order valence-corrected chi connectivity index (χ4v) is 2.80. The predicted octanol–water partition coefficient (Wildman–Crippen LogP) is 4.28. The third-order valence-corrected chi connectivity index (χ3v) is 4.06. The van der Waals surface area contributed by atoms with E-state index in [9.17, 15) is 4.79 Å². The summed E-state index contributed by atoms with van der Waals surface area (Å²) >= 11 is 12.1. The number of fused-ring (bicyclic) bond motifs is 1. The van der Waals surface area contributed by atoms with Crippen LogP contribution in [-0.2, 0) is 11.2 Å². The van der Waals surface area contributed by atoms with Crippen LogP contribution in [0.25, 0.3) is 0 Å². The first-order valence-electron chi connectivity index (χ1n) is 6.33. The van der Waals surface area contributed by atoms with Crippen LogP contribution in [0, 0.1) is 0 Å². The number of ketones is 1. The molecule has 0 amide bonds. The highest BCUT2D eigenvalue weighted by atomic mass is 35.5. The van der Waals surface area contributed by atoms with Gasteiger partial charge in [-0.2, -0.15) is 0 Å². The van der Waals surface area contributed by atoms with Crippen molar-refractivity contribution in [3.63, 3.8) is 0 Å². The Bertz CT molecular complexity index is 667. The van der Waals surface area contributed by atoms with E-state index < -0.39 is 0 Å². The Balaban J connectivity index is 1.83. The zero-order valence-electron chi connectivity index (χ0n) is 10.6. The molecule has 1 heterocycles. The summed E-state index contributed by atoms with van der Waals surface area (Å²) in [6.07, 6.45) is 0.266. The zero-order chi connectivity index (χ0) is 14.1. The van der Waals surface area contributed by atoms with E-state index in [0.717, 1.165) is 16.9 Å². The quantitative estimate of drug-likeness (QED) is 0.846. The van der Waals surface area contributed by atoms with Crippen LogP contribution in [0.1, 0.15) is 17.0 Å². The van der Waals surface area contributed by atoms with Crippen LogP contribution in [-0.4, -0.2) is 12.4 Å². The van der Waals surface area contributed by atoms with Crippen molar-refractivity contribution in [2.45, 2.75) is 12.3 Å². The highest BCUT2D eigenvalue weighted by Crippen LogP contribution is 2.35. The first-order chi connectivity index (χ1) is 9.65. The van der Waals surface area contributed by atoms with Gasteiger partial charge in [0.15, 0.2) is 0 Å². The first-order valence-corrected chi connectivity index (χ1v) is 7.09. The van der Waals surface area contributed by atoms with Gasteiger partial charge >= 0.3 is 0 Å². The van der Waals surface area contributed by atoms with Gasteiger partial charge in [0.1, 0.15) is 18.1 Å². The van der Waals surface area contributed by atoms with Gasteiger partial charge in [-0.15, -0.1) is 0 Å². The summed E-state index contributed by atoms with van der Waals surface area (Å²) in [5, 5.41) is 1.15. The van der Waals surface area contributed by atoms with Crippen molar-refractivity contribution >= 4 is 29.0 Å². The molecule has 0 saturated carbocycles. The fraction of sp³-hybridized carbons (Fsp3) is 0.188. The first kappa shape index (κ1) is 13.5. The molecule has 0 fully saturated rings. The fourth-order valence-electron chi connectivity index (χ4n) is 2.42. The van der Waals surface area contributed by atoms with E-state index in [1.165, 1.54) is 0 Å². The number of Topliss-reactive ketones (excluding diaryl/α,β-unsaturated/α-hetero) is 1. The number of carbonyl (C=O) groups excluding carboxylic acids is 1. The Kier molecular flexibility index (Phi) is 3.68. The normalized spacial score (nSPS) is 16.6. The minimum Gasteiger partial charge on any atom is -0.492 e. The highest BCUT2D eigenvalue weighted by Gasteiger charge is 2.29. The number of halogens is 2. The van der Waals surface area contributed by atoms with E-state index in [1.807, 2.05) is 24.3 Å². The van der Waals surface area contributed by atoms with Crippen molar-refractivity contribution < 1.29 is 9.53 Å². The standard InChI is InChI=1S/C16H12Cl2O2/c17-11-5-6-14(18)10(7-11)8-15(19)13-9-20-16-4-2-1-3-12(13)16/h1-7,13H,8-9H2. The van der Waals surface area contributed by atoms with Gasteiger partial charge in [-0.1, -0.05) is 41.4 Å². The smallest absolute Gasteiger partial charge is 0.148 e. The van der Waals surface area contributed by atoms with Gasteiger partial charge in [0.2, 0.25) is 0 Å². The maximum atomic E-state index is 12.5. The van der Waals surface area contributed by atoms with Crippen molar-refractivity contribution in [1.82, 2.24) is 0 Å². The Morgan fingerprint density at radius 2 is 2.00 bits per heavy atom. The molecular formula is C16H12Cl2O2. The van der Waals surface area contributed by atoms with Gasteiger partial charge in [-0.05, 0) is 29.8 Å². The molecule has 2 nitrogen and oxygen atoms in total. The largest absolute Gasteiger partial charge is 0.492 e. The molecule has 1 unspecified atom stereocenters. The SMILES string of the molecule is O=C(Cc1cc(Cl)ccc1Cl)C1COc2ccccc21. The lowest BCUT2D eigenvalue weighted by Crippen LogP contribution is -2.16. The third-order valence-electron chi connectivity index (χ3n) is 3.46. The lowest BCUT2D eigenvalue weighted by molar-refractivity contribution is -0.120. The second-order valence-electron chi connectivity index (χ2n) is 4.78. The van der Waals surface area contributed by atoms with Gasteiger partial charge in [0.25, 0.3) is 0 Å². The van der Waals surface area contributed by atoms with Crippen molar-refractivity contribution in [1.29, 1.82) is 0 Å². The van der Waals surface area contributed by atoms with Gasteiger partial charge in [-0.25, -0.2) is 0 Å². The van der Waals surface area contributed by atoms with Crippen LogP contribution < -0.4 is 4.74 Å². The second-order valence-corrected chi connectivity index (χ2v) is 5.62. The van der Waals surface area contributed by atoms with E-state index >= 15 is 0 Å². The second kappa shape index (κ2) is 5.47. The summed E-state index contributed by atoms with van der Waals surface area (Å²) in [6, 6.07) is 12.8. The molecule has 1 aliphatic rings. The van der Waals surface area contributed by atoms with E-state index in [-0.39, 0.29) is 18.1 Å². The molecular weight excluding hydrogens is 295 g/mol. The van der Waals surface area contributed by atoms with Crippen LogP contribution >= 0.6 is 23.2 Å². The van der Waals surface area contributed by atoms with Crippen LogP contribution in [0.4, 0.5) is 0 Å². The van der Waals surface area contributed by atoms with E-state index in [1.54, 1.807) is 18.2 Å². The number of rotatable bonds is 3. The molecule has 2 aromatic rings. The molecule has 0 aliphatic carbocycles. The van der Waals surface area contributed by atoms with Gasteiger partial charge in [-0.3, -0.25) is 4.79 Å². The van der Waals surface area contributed by atoms with Crippen molar-refractivity contribution in [3.05, 3.63) is 63.6 Å². The average molecular weight is 307 g/mol. The number of para-hydroxylation sites is 1. The number of carbonyl (C=O) groups is 1. The lowest BCUT2D eigenvalue weighted by atomic mass is 9.93. The molecule has 1 atom stereocenters. The van der Waals surface area contributed by atoms with E-state index in [2.05, 4.69) is 0 Å². The van der Waals surface area contributed by atoms with Crippen molar-refractivity contribution in [2.24, 2.45) is 0 Å². The minimum absolute atomic E-state index is 0.0964. The Morgan fingerprint density at radius 1 is 1.20 bits per heavy atom. The number of hydrogen-bond donors (Lipinski definition) is 0. The molecule has 0 aromatic heterocycles. The summed E-state index contributed by atoms with van der Waals surface area (Å²) in [6.45, 7) is 0.399. The van der Waals surface area contributed by atoms with E-state index in [0.29, 0.717) is 16.7 Å². The lowest BCUT2D eigenvalue weighted by Gasteiger charge is -2.09. The summed E-state index contributed by atoms with van der Waals surface area (Å²) in [4.78, 5) is 12.5. The number of benzene rings is 2. The molecule has 0 radical (unpaired) electrons. The number of hydrogen-bond acceptors (Lipinski definition) is 2. The molecule has 0 spiro atoms. The molecule has 2 aromatic carbocycles. The molecule has 102 valence electrons. The van der Waals surface area contributed by atoms with Gasteiger partial charge < -0.3 is 4.74 Å². The number of ether oxygens (including phenoxy) is 1. The predicted molar refractivity (Wildman–Crippen MR) is 79.9 cm³/mol. The molecule has 0 bridgehead atoms.